The number of ether oxygens (including phenoxy) is 1. The number of carbonyl (C=O) groups is 1. The van der Waals surface area contributed by atoms with Gasteiger partial charge in [0.25, 0.3) is 5.91 Å². The maximum Gasteiger partial charge on any atom is 0.251 e. The van der Waals surface area contributed by atoms with Gasteiger partial charge in [-0.05, 0) is 36.5 Å². The number of nitrogens with one attached hydrogen (secondary N) is 3. The predicted octanol–water partition coefficient (Wildman–Crippen LogP) is 1.29. The van der Waals surface area contributed by atoms with E-state index in [1.807, 2.05) is 24.3 Å². The standard InChI is InChI=1S/C18H27N3O2/c1-19-18(22)14-7-5-13(6-8-14)11-21-16-4-2-3-15(16)17-12-23-10-9-20-17/h5-8,15-17,20-21H,2-4,9-12H2,1H3,(H,19,22). The van der Waals surface area contributed by atoms with Crippen molar-refractivity contribution in [2.45, 2.75) is 37.9 Å². The van der Waals surface area contributed by atoms with Crippen molar-refractivity contribution in [3.63, 3.8) is 0 Å². The van der Waals surface area contributed by atoms with Crippen LogP contribution in [-0.2, 0) is 11.3 Å². The van der Waals surface area contributed by atoms with Gasteiger partial charge in [0.05, 0.1) is 13.2 Å². The summed E-state index contributed by atoms with van der Waals surface area (Å²) < 4.78 is 5.62. The first-order valence-corrected chi connectivity index (χ1v) is 8.63. The molecule has 2 aliphatic rings. The molecule has 23 heavy (non-hydrogen) atoms. The zero-order valence-electron chi connectivity index (χ0n) is 13.8. The zero-order valence-corrected chi connectivity index (χ0v) is 13.8. The van der Waals surface area contributed by atoms with Crippen LogP contribution in [0.15, 0.2) is 24.3 Å². The average Bonchev–Trinajstić information content (AvgIpc) is 3.09. The molecule has 1 aliphatic heterocycles. The van der Waals surface area contributed by atoms with Crippen LogP contribution in [0.5, 0.6) is 0 Å². The van der Waals surface area contributed by atoms with Gasteiger partial charge in [-0.1, -0.05) is 18.6 Å². The quantitative estimate of drug-likeness (QED) is 0.766. The minimum Gasteiger partial charge on any atom is -0.379 e. The zero-order chi connectivity index (χ0) is 16.1. The number of hydrogen-bond acceptors (Lipinski definition) is 4. The molecule has 126 valence electrons. The molecule has 3 N–H and O–H groups in total. The van der Waals surface area contributed by atoms with Crippen molar-refractivity contribution in [2.75, 3.05) is 26.8 Å². The van der Waals surface area contributed by atoms with Gasteiger partial charge in [0.15, 0.2) is 0 Å². The van der Waals surface area contributed by atoms with E-state index in [2.05, 4.69) is 16.0 Å². The molecule has 0 radical (unpaired) electrons. The summed E-state index contributed by atoms with van der Waals surface area (Å²) >= 11 is 0. The number of morpholine rings is 1. The molecule has 5 heteroatoms. The Bertz CT molecular complexity index is 512. The van der Waals surface area contributed by atoms with E-state index in [0.717, 1.165) is 26.3 Å². The minimum atomic E-state index is -0.0382. The lowest BCUT2D eigenvalue weighted by molar-refractivity contribution is 0.0524. The summed E-state index contributed by atoms with van der Waals surface area (Å²) in [5.41, 5.74) is 1.93. The highest BCUT2D eigenvalue weighted by Crippen LogP contribution is 2.29. The van der Waals surface area contributed by atoms with Gasteiger partial charge in [-0.15, -0.1) is 0 Å². The van der Waals surface area contributed by atoms with Crippen molar-refractivity contribution in [3.8, 4) is 0 Å². The molecule has 3 rings (SSSR count). The van der Waals surface area contributed by atoms with E-state index in [1.54, 1.807) is 7.05 Å². The van der Waals surface area contributed by atoms with Crippen LogP contribution in [0.1, 0.15) is 35.2 Å². The Morgan fingerprint density at radius 2 is 2.13 bits per heavy atom. The maximum absolute atomic E-state index is 11.6. The minimum absolute atomic E-state index is 0.0382. The molecular weight excluding hydrogens is 290 g/mol. The Morgan fingerprint density at radius 1 is 1.30 bits per heavy atom. The fourth-order valence-electron chi connectivity index (χ4n) is 3.75. The largest absolute Gasteiger partial charge is 0.379 e. The van der Waals surface area contributed by atoms with Crippen LogP contribution in [0.25, 0.3) is 0 Å². The van der Waals surface area contributed by atoms with E-state index >= 15 is 0 Å². The molecular formula is C18H27N3O2. The van der Waals surface area contributed by atoms with Gasteiger partial charge in [-0.25, -0.2) is 0 Å². The Labute approximate surface area is 138 Å². The topological polar surface area (TPSA) is 62.4 Å². The molecule has 1 heterocycles. The highest BCUT2D eigenvalue weighted by Gasteiger charge is 2.34. The second-order valence-electron chi connectivity index (χ2n) is 6.49. The van der Waals surface area contributed by atoms with Gasteiger partial charge in [-0.3, -0.25) is 4.79 Å². The molecule has 0 aromatic heterocycles. The SMILES string of the molecule is CNC(=O)c1ccc(CNC2CCCC2C2COCCN2)cc1. The van der Waals surface area contributed by atoms with Gasteiger partial charge < -0.3 is 20.7 Å². The lowest BCUT2D eigenvalue weighted by Gasteiger charge is -2.33. The van der Waals surface area contributed by atoms with Crippen molar-refractivity contribution in [1.29, 1.82) is 0 Å². The number of carbonyl (C=O) groups excluding carboxylic acids is 1. The summed E-state index contributed by atoms with van der Waals surface area (Å²) in [4.78, 5) is 11.6. The Morgan fingerprint density at radius 3 is 2.83 bits per heavy atom. The van der Waals surface area contributed by atoms with Crippen LogP contribution in [0.2, 0.25) is 0 Å². The molecule has 1 aromatic rings. The highest BCUT2D eigenvalue weighted by atomic mass is 16.5. The summed E-state index contributed by atoms with van der Waals surface area (Å²) in [6, 6.07) is 8.87. The average molecular weight is 317 g/mol. The van der Waals surface area contributed by atoms with Gasteiger partial charge >= 0.3 is 0 Å². The molecule has 3 unspecified atom stereocenters. The van der Waals surface area contributed by atoms with Gasteiger partial charge in [-0.2, -0.15) is 0 Å². The fourth-order valence-corrected chi connectivity index (χ4v) is 3.75. The molecule has 1 aliphatic carbocycles. The van der Waals surface area contributed by atoms with Gasteiger partial charge in [0, 0.05) is 37.8 Å². The number of amides is 1. The summed E-state index contributed by atoms with van der Waals surface area (Å²) in [6.07, 6.45) is 3.80. The fraction of sp³-hybridized carbons (Fsp3) is 0.611. The van der Waals surface area contributed by atoms with E-state index in [1.165, 1.54) is 24.8 Å². The van der Waals surface area contributed by atoms with E-state index < -0.39 is 0 Å². The Kier molecular flexibility index (Phi) is 5.65. The first-order chi connectivity index (χ1) is 11.3. The summed E-state index contributed by atoms with van der Waals surface area (Å²) in [6.45, 7) is 3.49. The van der Waals surface area contributed by atoms with Crippen LogP contribution in [0.4, 0.5) is 0 Å². The normalized spacial score (nSPS) is 27.8. The number of rotatable bonds is 5. The molecule has 1 saturated heterocycles. The maximum atomic E-state index is 11.6. The predicted molar refractivity (Wildman–Crippen MR) is 90.4 cm³/mol. The highest BCUT2D eigenvalue weighted by molar-refractivity contribution is 5.93. The third-order valence-electron chi connectivity index (χ3n) is 5.05. The lowest BCUT2D eigenvalue weighted by Crippen LogP contribution is -2.50. The molecule has 2 fully saturated rings. The molecule has 0 bridgehead atoms. The molecule has 1 amide bonds. The first kappa shape index (κ1) is 16.4. The third-order valence-corrected chi connectivity index (χ3v) is 5.05. The number of hydrogen-bond donors (Lipinski definition) is 3. The van der Waals surface area contributed by atoms with E-state index in [0.29, 0.717) is 23.6 Å². The molecule has 1 saturated carbocycles. The van der Waals surface area contributed by atoms with Gasteiger partial charge in [0.2, 0.25) is 0 Å². The summed E-state index contributed by atoms with van der Waals surface area (Å²) in [5.74, 6) is 0.615. The van der Waals surface area contributed by atoms with Crippen LogP contribution >= 0.6 is 0 Å². The second-order valence-corrected chi connectivity index (χ2v) is 6.49. The van der Waals surface area contributed by atoms with Crippen LogP contribution in [0.3, 0.4) is 0 Å². The van der Waals surface area contributed by atoms with Crippen molar-refractivity contribution in [2.24, 2.45) is 5.92 Å². The summed E-state index contributed by atoms with van der Waals surface area (Å²) in [7, 11) is 1.65. The molecule has 3 atom stereocenters. The van der Waals surface area contributed by atoms with Crippen molar-refractivity contribution in [3.05, 3.63) is 35.4 Å². The molecule has 0 spiro atoms. The third kappa shape index (κ3) is 4.10. The van der Waals surface area contributed by atoms with Crippen LogP contribution in [0, 0.1) is 5.92 Å². The Balaban J connectivity index is 1.53. The van der Waals surface area contributed by atoms with E-state index in [4.69, 9.17) is 4.74 Å². The van der Waals surface area contributed by atoms with E-state index in [-0.39, 0.29) is 5.91 Å². The first-order valence-electron chi connectivity index (χ1n) is 8.63. The van der Waals surface area contributed by atoms with Gasteiger partial charge in [0.1, 0.15) is 0 Å². The van der Waals surface area contributed by atoms with E-state index in [9.17, 15) is 4.79 Å². The lowest BCUT2D eigenvalue weighted by atomic mass is 9.94. The van der Waals surface area contributed by atoms with Crippen molar-refractivity contribution in [1.82, 2.24) is 16.0 Å². The monoisotopic (exact) mass is 317 g/mol. The molecule has 5 nitrogen and oxygen atoms in total. The van der Waals surface area contributed by atoms with Crippen LogP contribution < -0.4 is 16.0 Å². The van der Waals surface area contributed by atoms with Crippen molar-refractivity contribution < 1.29 is 9.53 Å². The van der Waals surface area contributed by atoms with Crippen molar-refractivity contribution >= 4 is 5.91 Å². The van der Waals surface area contributed by atoms with Crippen LogP contribution in [-0.4, -0.2) is 44.8 Å². The second kappa shape index (κ2) is 7.90. The number of benzene rings is 1. The smallest absolute Gasteiger partial charge is 0.251 e. The molecule has 1 aromatic carbocycles. The summed E-state index contributed by atoms with van der Waals surface area (Å²) in [5, 5.41) is 9.96. The Hall–Kier alpha value is -1.43.